The van der Waals surface area contributed by atoms with Crippen LogP contribution in [0.1, 0.15) is 42.5 Å². The summed E-state index contributed by atoms with van der Waals surface area (Å²) in [6.07, 6.45) is 4.54. The van der Waals surface area contributed by atoms with Crippen LogP contribution in [0.2, 0.25) is 0 Å². The van der Waals surface area contributed by atoms with Gasteiger partial charge in [0.15, 0.2) is 0 Å². The molecule has 39 heavy (non-hydrogen) atoms. The second-order valence-electron chi connectivity index (χ2n) is 9.34. The first-order valence-electron chi connectivity index (χ1n) is 12.9. The zero-order valence-electron chi connectivity index (χ0n) is 21.3. The highest BCUT2D eigenvalue weighted by Gasteiger charge is 2.24. The van der Waals surface area contributed by atoms with Gasteiger partial charge in [-0.25, -0.2) is 0 Å². The van der Waals surface area contributed by atoms with Gasteiger partial charge in [-0.15, -0.1) is 0 Å². The Balaban J connectivity index is 1.36. The summed E-state index contributed by atoms with van der Waals surface area (Å²) in [5, 5.41) is 17.7. The van der Waals surface area contributed by atoms with E-state index in [1.54, 1.807) is 72.8 Å². The molecule has 3 aromatic carbocycles. The summed E-state index contributed by atoms with van der Waals surface area (Å²) < 4.78 is 1.42. The van der Waals surface area contributed by atoms with Crippen molar-refractivity contribution in [2.45, 2.75) is 37.4 Å². The number of benzene rings is 3. The topological polar surface area (TPSA) is 100 Å². The molecule has 200 valence electrons. The molecule has 1 unspecified atom stereocenters. The number of pyridine rings is 1. The molecule has 5 rings (SSSR count). The number of aromatic hydroxyl groups is 1. The molecule has 9 heteroatoms. The fourth-order valence-corrected chi connectivity index (χ4v) is 7.71. The third-order valence-corrected chi connectivity index (χ3v) is 9.66. The summed E-state index contributed by atoms with van der Waals surface area (Å²) in [5.74, 6) is -0.0811. The van der Waals surface area contributed by atoms with E-state index in [1.807, 2.05) is 27.7 Å². The summed E-state index contributed by atoms with van der Waals surface area (Å²) in [4.78, 5) is 39.7. The van der Waals surface area contributed by atoms with E-state index in [4.69, 9.17) is 0 Å². The van der Waals surface area contributed by atoms with Gasteiger partial charge in [0.05, 0.1) is 16.9 Å². The SMILES string of the molecule is O=C(CCCCC1CCSS1)Nc1ccccc1NC(=O)c1c(O)c2ccccc2n(-c2ccccc2)c1=O. The number of nitrogens with one attached hydrogen (secondary N) is 2. The first-order chi connectivity index (χ1) is 19.0. The second-order valence-corrected chi connectivity index (χ2v) is 12.1. The molecule has 0 saturated carbocycles. The maximum atomic E-state index is 13.6. The number of hydrogen-bond acceptors (Lipinski definition) is 6. The number of nitrogens with zero attached hydrogens (tertiary/aromatic N) is 1. The van der Waals surface area contributed by atoms with Crippen molar-refractivity contribution in [1.82, 2.24) is 4.57 Å². The molecule has 1 fully saturated rings. The number of rotatable bonds is 9. The van der Waals surface area contributed by atoms with Crippen molar-refractivity contribution in [1.29, 1.82) is 0 Å². The lowest BCUT2D eigenvalue weighted by atomic mass is 10.1. The van der Waals surface area contributed by atoms with Crippen molar-refractivity contribution in [3.8, 4) is 11.4 Å². The van der Waals surface area contributed by atoms with Gasteiger partial charge in [-0.3, -0.25) is 19.0 Å². The fraction of sp³-hybridized carbons (Fsp3) is 0.233. The Kier molecular flexibility index (Phi) is 8.58. The number of unbranched alkanes of at least 4 members (excludes halogenated alkanes) is 1. The first-order valence-corrected chi connectivity index (χ1v) is 15.3. The molecule has 2 amide bonds. The van der Waals surface area contributed by atoms with Crippen LogP contribution in [-0.2, 0) is 4.79 Å². The van der Waals surface area contributed by atoms with Crippen molar-refractivity contribution in [2.24, 2.45) is 0 Å². The van der Waals surface area contributed by atoms with E-state index in [1.165, 1.54) is 16.7 Å². The largest absolute Gasteiger partial charge is 0.506 e. The minimum Gasteiger partial charge on any atom is -0.506 e. The van der Waals surface area contributed by atoms with Gasteiger partial charge in [0, 0.05) is 28.5 Å². The summed E-state index contributed by atoms with van der Waals surface area (Å²) >= 11 is 0. The molecule has 0 spiro atoms. The normalized spacial score (nSPS) is 14.8. The Hall–Kier alpha value is -3.69. The van der Waals surface area contributed by atoms with Crippen molar-refractivity contribution in [3.63, 3.8) is 0 Å². The van der Waals surface area contributed by atoms with Crippen LogP contribution in [0.3, 0.4) is 0 Å². The predicted molar refractivity (Wildman–Crippen MR) is 161 cm³/mol. The lowest BCUT2D eigenvalue weighted by Gasteiger charge is -2.16. The van der Waals surface area contributed by atoms with E-state index in [0.717, 1.165) is 19.3 Å². The van der Waals surface area contributed by atoms with Crippen LogP contribution in [0.15, 0.2) is 83.7 Å². The van der Waals surface area contributed by atoms with Gasteiger partial charge < -0.3 is 15.7 Å². The summed E-state index contributed by atoms with van der Waals surface area (Å²) in [6.45, 7) is 0. The monoisotopic (exact) mass is 559 g/mol. The van der Waals surface area contributed by atoms with Crippen molar-refractivity contribution < 1.29 is 14.7 Å². The van der Waals surface area contributed by atoms with Crippen LogP contribution in [0.5, 0.6) is 5.75 Å². The number of carbonyl (C=O) groups excluding carboxylic acids is 2. The van der Waals surface area contributed by atoms with E-state index in [-0.39, 0.29) is 17.2 Å². The summed E-state index contributed by atoms with van der Waals surface area (Å²) in [7, 11) is 3.87. The molecule has 0 radical (unpaired) electrons. The van der Waals surface area contributed by atoms with E-state index in [9.17, 15) is 19.5 Å². The number of amides is 2. The van der Waals surface area contributed by atoms with Crippen LogP contribution < -0.4 is 16.2 Å². The highest BCUT2D eigenvalue weighted by Crippen LogP contribution is 2.40. The van der Waals surface area contributed by atoms with Crippen LogP contribution in [0.25, 0.3) is 16.6 Å². The second kappa shape index (κ2) is 12.4. The third-order valence-electron chi connectivity index (χ3n) is 6.65. The molecule has 1 aliphatic rings. The Bertz CT molecular complexity index is 1550. The van der Waals surface area contributed by atoms with Crippen molar-refractivity contribution in [3.05, 3.63) is 94.8 Å². The number of fused-ring (bicyclic) bond motifs is 1. The molecule has 1 saturated heterocycles. The molecular weight excluding hydrogens is 530 g/mol. The van der Waals surface area contributed by atoms with Crippen LogP contribution in [0.4, 0.5) is 11.4 Å². The molecule has 1 aromatic heterocycles. The number of para-hydroxylation sites is 4. The zero-order valence-corrected chi connectivity index (χ0v) is 22.9. The lowest BCUT2D eigenvalue weighted by molar-refractivity contribution is -0.116. The molecule has 7 nitrogen and oxygen atoms in total. The minimum atomic E-state index is -0.762. The molecule has 1 aliphatic heterocycles. The lowest BCUT2D eigenvalue weighted by Crippen LogP contribution is -2.29. The van der Waals surface area contributed by atoms with Gasteiger partial charge in [0.2, 0.25) is 5.91 Å². The van der Waals surface area contributed by atoms with Gasteiger partial charge in [-0.1, -0.05) is 70.5 Å². The third kappa shape index (κ3) is 6.15. The number of carbonyl (C=O) groups is 2. The molecule has 0 bridgehead atoms. The molecule has 2 heterocycles. The van der Waals surface area contributed by atoms with Gasteiger partial charge in [-0.05, 0) is 55.7 Å². The fourth-order valence-electron chi connectivity index (χ4n) is 4.68. The van der Waals surface area contributed by atoms with Gasteiger partial charge in [0.1, 0.15) is 11.3 Å². The van der Waals surface area contributed by atoms with Crippen molar-refractivity contribution in [2.75, 3.05) is 16.4 Å². The average molecular weight is 560 g/mol. The quantitative estimate of drug-likeness (QED) is 0.158. The first kappa shape index (κ1) is 26.9. The Morgan fingerprint density at radius 3 is 2.33 bits per heavy atom. The molecule has 4 aromatic rings. The highest BCUT2D eigenvalue weighted by atomic mass is 33.1. The molecular formula is C30H29N3O4S2. The van der Waals surface area contributed by atoms with E-state index >= 15 is 0 Å². The number of hydrogen-bond donors (Lipinski definition) is 3. The number of anilines is 2. The minimum absolute atomic E-state index is 0.134. The Labute approximate surface area is 234 Å². The molecule has 0 aliphatic carbocycles. The van der Waals surface area contributed by atoms with Crippen LogP contribution >= 0.6 is 21.6 Å². The van der Waals surface area contributed by atoms with Gasteiger partial charge in [-0.2, -0.15) is 0 Å². The van der Waals surface area contributed by atoms with Gasteiger partial charge >= 0.3 is 0 Å². The van der Waals surface area contributed by atoms with Crippen molar-refractivity contribution >= 4 is 55.7 Å². The number of aromatic nitrogens is 1. The standard InChI is InChI=1S/C30H29N3O4S2/c34-26(17-9-4-12-21-18-19-38-39-21)31-23-14-6-7-15-24(23)32-29(36)27-28(35)22-13-5-8-16-25(22)33(30(27)37)20-10-2-1-3-11-20/h1-3,5-8,10-11,13-16,21,35H,4,9,12,17-19H2,(H,31,34)(H,32,36). The zero-order chi connectivity index (χ0) is 27.2. The maximum Gasteiger partial charge on any atom is 0.272 e. The smallest absolute Gasteiger partial charge is 0.272 e. The molecule has 1 atom stereocenters. The molecule has 3 N–H and O–H groups in total. The average Bonchev–Trinajstić information content (AvgIpc) is 3.47. The van der Waals surface area contributed by atoms with Gasteiger partial charge in [0.25, 0.3) is 11.5 Å². The van der Waals surface area contributed by atoms with Crippen LogP contribution in [0, 0.1) is 0 Å². The van der Waals surface area contributed by atoms with E-state index in [0.29, 0.717) is 39.6 Å². The van der Waals surface area contributed by atoms with Crippen LogP contribution in [-0.4, -0.2) is 32.5 Å². The maximum absolute atomic E-state index is 13.6. The van der Waals surface area contributed by atoms with E-state index in [2.05, 4.69) is 10.6 Å². The summed E-state index contributed by atoms with van der Waals surface area (Å²) in [5.41, 5.74) is 0.818. The highest BCUT2D eigenvalue weighted by molar-refractivity contribution is 8.77. The Morgan fingerprint density at radius 1 is 0.897 bits per heavy atom. The van der Waals surface area contributed by atoms with E-state index < -0.39 is 11.5 Å². The predicted octanol–water partition coefficient (Wildman–Crippen LogP) is 6.60. The Morgan fingerprint density at radius 2 is 1.59 bits per heavy atom. The summed E-state index contributed by atoms with van der Waals surface area (Å²) in [6, 6.07) is 22.7.